The van der Waals surface area contributed by atoms with Crippen LogP contribution >= 0.6 is 0 Å². The van der Waals surface area contributed by atoms with E-state index in [0.29, 0.717) is 29.6 Å². The maximum Gasteiger partial charge on any atom is 0.252 e. The summed E-state index contributed by atoms with van der Waals surface area (Å²) in [4.78, 5) is 18.6. The summed E-state index contributed by atoms with van der Waals surface area (Å²) < 4.78 is 19.1. The van der Waals surface area contributed by atoms with Gasteiger partial charge in [0.2, 0.25) is 6.79 Å². The molecular formula is C26H34N6O4. The van der Waals surface area contributed by atoms with Crippen molar-refractivity contribution in [2.24, 2.45) is 5.92 Å². The largest absolute Gasteiger partial charge is 0.454 e. The second-order valence-corrected chi connectivity index (χ2v) is 10.6. The smallest absolute Gasteiger partial charge is 0.252 e. The monoisotopic (exact) mass is 494 g/mol. The lowest BCUT2D eigenvalue weighted by molar-refractivity contribution is 0.0379. The number of ether oxygens (including phenoxy) is 3. The van der Waals surface area contributed by atoms with E-state index in [0.717, 1.165) is 55.6 Å². The molecule has 3 aliphatic rings. The second kappa shape index (κ2) is 9.82. The summed E-state index contributed by atoms with van der Waals surface area (Å²) >= 11 is 0. The fourth-order valence-corrected chi connectivity index (χ4v) is 5.99. The van der Waals surface area contributed by atoms with Crippen LogP contribution < -0.4 is 15.0 Å². The van der Waals surface area contributed by atoms with Crippen LogP contribution in [0.25, 0.3) is 10.9 Å². The van der Waals surface area contributed by atoms with Gasteiger partial charge in [-0.2, -0.15) is 0 Å². The molecule has 1 aliphatic carbocycles. The average molecular weight is 495 g/mol. The number of nitrogens with zero attached hydrogens (tertiary/aromatic N) is 5. The third-order valence-electron chi connectivity index (χ3n) is 7.73. The number of hydrogen-bond acceptors (Lipinski definition) is 8. The number of H-pyrrole nitrogens is 1. The molecule has 0 bridgehead atoms. The van der Waals surface area contributed by atoms with E-state index in [4.69, 9.17) is 14.2 Å². The molecule has 2 unspecified atom stereocenters. The maximum absolute atomic E-state index is 13.2. The number of rotatable bonds is 8. The molecule has 36 heavy (non-hydrogen) atoms. The minimum absolute atomic E-state index is 0.0448. The van der Waals surface area contributed by atoms with Crippen LogP contribution in [-0.2, 0) is 11.3 Å². The van der Waals surface area contributed by atoms with E-state index in [9.17, 15) is 4.79 Å². The van der Waals surface area contributed by atoms with E-state index in [1.165, 1.54) is 12.8 Å². The Kier molecular flexibility index (Phi) is 6.39. The average Bonchev–Trinajstić information content (AvgIpc) is 3.65. The molecule has 0 amide bonds. The normalized spacial score (nSPS) is 20.8. The standard InChI is InChI=1S/C26H34N6O4/c1-16(2)24(25-28-29-30-32(25)19-6-3-4-7-19)31(14-20-8-5-9-34-20)13-18-10-17-11-22-23(36-15-35-22)12-21(17)27-26(18)33/h10-12,16,19-20,24H,3-9,13-15H2,1-2H3,(H,27,33). The first-order valence-electron chi connectivity index (χ1n) is 13.2. The summed E-state index contributed by atoms with van der Waals surface area (Å²) in [6, 6.07) is 6.03. The molecular weight excluding hydrogens is 460 g/mol. The van der Waals surface area contributed by atoms with Gasteiger partial charge in [-0.05, 0) is 54.2 Å². The van der Waals surface area contributed by atoms with Crippen molar-refractivity contribution < 1.29 is 14.2 Å². The number of nitrogens with one attached hydrogen (secondary N) is 1. The van der Waals surface area contributed by atoms with Crippen molar-refractivity contribution in [2.75, 3.05) is 19.9 Å². The summed E-state index contributed by atoms with van der Waals surface area (Å²) in [6.45, 7) is 6.58. The third kappa shape index (κ3) is 4.48. The molecule has 6 rings (SSSR count). The zero-order valence-electron chi connectivity index (χ0n) is 21.0. The molecule has 3 aromatic rings. The first kappa shape index (κ1) is 23.4. The van der Waals surface area contributed by atoms with Crippen molar-refractivity contribution in [3.05, 3.63) is 39.9 Å². The lowest BCUT2D eigenvalue weighted by Crippen LogP contribution is -2.40. The fourth-order valence-electron chi connectivity index (χ4n) is 5.99. The highest BCUT2D eigenvalue weighted by molar-refractivity contribution is 5.83. The van der Waals surface area contributed by atoms with Gasteiger partial charge in [-0.3, -0.25) is 9.69 Å². The Morgan fingerprint density at radius 1 is 1.11 bits per heavy atom. The van der Waals surface area contributed by atoms with Crippen molar-refractivity contribution in [2.45, 2.75) is 77.1 Å². The Morgan fingerprint density at radius 2 is 1.92 bits per heavy atom. The minimum atomic E-state index is -0.100. The van der Waals surface area contributed by atoms with Crippen LogP contribution in [0.3, 0.4) is 0 Å². The molecule has 1 N–H and O–H groups in total. The molecule has 0 radical (unpaired) electrons. The second-order valence-electron chi connectivity index (χ2n) is 10.6. The molecule has 0 spiro atoms. The van der Waals surface area contributed by atoms with Gasteiger partial charge in [0, 0.05) is 36.7 Å². The van der Waals surface area contributed by atoms with E-state index >= 15 is 0 Å². The summed E-state index contributed by atoms with van der Waals surface area (Å²) in [5, 5.41) is 14.0. The van der Waals surface area contributed by atoms with Gasteiger partial charge in [0.05, 0.1) is 23.7 Å². The third-order valence-corrected chi connectivity index (χ3v) is 7.73. The van der Waals surface area contributed by atoms with Gasteiger partial charge in [-0.1, -0.05) is 26.7 Å². The number of fused-ring (bicyclic) bond motifs is 2. The number of hydrogen-bond donors (Lipinski definition) is 1. The molecule has 1 aromatic carbocycles. The lowest BCUT2D eigenvalue weighted by atomic mass is 9.99. The van der Waals surface area contributed by atoms with Crippen molar-refractivity contribution in [1.29, 1.82) is 0 Å². The summed E-state index contributed by atoms with van der Waals surface area (Å²) in [5.74, 6) is 2.48. The van der Waals surface area contributed by atoms with Crippen LogP contribution in [0.4, 0.5) is 0 Å². The van der Waals surface area contributed by atoms with Crippen LogP contribution in [-0.4, -0.2) is 56.1 Å². The van der Waals surface area contributed by atoms with Gasteiger partial charge >= 0.3 is 0 Å². The fraction of sp³-hybridized carbons (Fsp3) is 0.615. The van der Waals surface area contributed by atoms with Gasteiger partial charge in [0.1, 0.15) is 0 Å². The van der Waals surface area contributed by atoms with Gasteiger partial charge in [0.25, 0.3) is 5.56 Å². The highest BCUT2D eigenvalue weighted by atomic mass is 16.7. The van der Waals surface area contributed by atoms with E-state index < -0.39 is 0 Å². The van der Waals surface area contributed by atoms with E-state index in [1.54, 1.807) is 0 Å². The molecule has 10 nitrogen and oxygen atoms in total. The van der Waals surface area contributed by atoms with Gasteiger partial charge in [-0.15, -0.1) is 5.10 Å². The zero-order valence-corrected chi connectivity index (χ0v) is 21.0. The summed E-state index contributed by atoms with van der Waals surface area (Å²) in [6.07, 6.45) is 6.85. The number of aromatic amines is 1. The minimum Gasteiger partial charge on any atom is -0.454 e. The first-order valence-corrected chi connectivity index (χ1v) is 13.2. The first-order chi connectivity index (χ1) is 17.6. The molecule has 4 heterocycles. The Hall–Kier alpha value is -2.98. The van der Waals surface area contributed by atoms with Crippen LogP contribution in [0.5, 0.6) is 11.5 Å². The molecule has 1 saturated carbocycles. The molecule has 10 heteroatoms. The van der Waals surface area contributed by atoms with Crippen molar-refractivity contribution in [3.8, 4) is 11.5 Å². The number of benzene rings is 1. The van der Waals surface area contributed by atoms with E-state index in [2.05, 4.69) is 39.3 Å². The van der Waals surface area contributed by atoms with Crippen molar-refractivity contribution in [3.63, 3.8) is 0 Å². The van der Waals surface area contributed by atoms with Crippen LogP contribution in [0, 0.1) is 5.92 Å². The Morgan fingerprint density at radius 3 is 2.67 bits per heavy atom. The van der Waals surface area contributed by atoms with Crippen LogP contribution in [0.2, 0.25) is 0 Å². The predicted octanol–water partition coefficient (Wildman–Crippen LogP) is 3.74. The number of aromatic nitrogens is 5. The quantitative estimate of drug-likeness (QED) is 0.505. The summed E-state index contributed by atoms with van der Waals surface area (Å²) in [5.41, 5.74) is 1.34. The number of tetrazole rings is 1. The van der Waals surface area contributed by atoms with Gasteiger partial charge in [-0.25, -0.2) is 4.68 Å². The highest BCUT2D eigenvalue weighted by Gasteiger charge is 2.34. The SMILES string of the molecule is CC(C)C(c1nnnn1C1CCCC1)N(Cc1cc2cc3c(cc2[nH]c1=O)OCO3)CC1CCCO1. The molecule has 2 atom stereocenters. The molecule has 2 aliphatic heterocycles. The highest BCUT2D eigenvalue weighted by Crippen LogP contribution is 2.37. The molecule has 2 aromatic heterocycles. The Balaban J connectivity index is 1.37. The van der Waals surface area contributed by atoms with E-state index in [-0.39, 0.29) is 30.4 Å². The zero-order chi connectivity index (χ0) is 24.6. The molecule has 2 fully saturated rings. The van der Waals surface area contributed by atoms with Gasteiger partial charge < -0.3 is 19.2 Å². The van der Waals surface area contributed by atoms with Crippen LogP contribution in [0.15, 0.2) is 23.0 Å². The van der Waals surface area contributed by atoms with Gasteiger partial charge in [0.15, 0.2) is 17.3 Å². The van der Waals surface area contributed by atoms with E-state index in [1.807, 2.05) is 22.9 Å². The topological polar surface area (TPSA) is 107 Å². The predicted molar refractivity (Wildman–Crippen MR) is 133 cm³/mol. The Bertz CT molecular complexity index is 1280. The van der Waals surface area contributed by atoms with Crippen molar-refractivity contribution >= 4 is 10.9 Å². The summed E-state index contributed by atoms with van der Waals surface area (Å²) in [7, 11) is 0. The number of pyridine rings is 1. The maximum atomic E-state index is 13.2. The molecule has 1 saturated heterocycles. The lowest BCUT2D eigenvalue weighted by Gasteiger charge is -2.35. The van der Waals surface area contributed by atoms with Crippen molar-refractivity contribution in [1.82, 2.24) is 30.1 Å². The Labute approximate surface area is 209 Å². The molecule has 192 valence electrons. The van der Waals surface area contributed by atoms with Crippen LogP contribution in [0.1, 0.15) is 75.8 Å².